The van der Waals surface area contributed by atoms with Crippen LogP contribution in [0.3, 0.4) is 0 Å². The summed E-state index contributed by atoms with van der Waals surface area (Å²) < 4.78 is 17.5. The monoisotopic (exact) mass is 929 g/mol. The molecule has 348 valence electrons. The average Bonchev–Trinajstić information content (AvgIpc) is 3.60. The zero-order valence-electron chi connectivity index (χ0n) is 38.8. The van der Waals surface area contributed by atoms with E-state index < -0.39 is 5.97 Å². The van der Waals surface area contributed by atoms with E-state index in [9.17, 15) is 19.5 Å². The number of nitrogens with one attached hydrogen (secondary N) is 2. The Morgan fingerprint density at radius 1 is 0.809 bits per heavy atom. The summed E-state index contributed by atoms with van der Waals surface area (Å²) in [6, 6.07) is 23.1. The van der Waals surface area contributed by atoms with Gasteiger partial charge < -0.3 is 39.5 Å². The number of carboxylic acid groups (broad SMARTS) is 1. The van der Waals surface area contributed by atoms with E-state index in [4.69, 9.17) is 21.1 Å². The normalized spacial score (nSPS) is 15.5. The van der Waals surface area contributed by atoms with Crippen LogP contribution in [-0.4, -0.2) is 68.7 Å². The van der Waals surface area contributed by atoms with Gasteiger partial charge in [-0.15, -0.1) is 0 Å². The maximum atomic E-state index is 14.0. The highest BCUT2D eigenvalue weighted by molar-refractivity contribution is 6.30. The summed E-state index contributed by atoms with van der Waals surface area (Å²) in [5.74, 6) is 0.720. The van der Waals surface area contributed by atoms with Crippen LogP contribution in [0.2, 0.25) is 5.02 Å². The van der Waals surface area contributed by atoms with Gasteiger partial charge >= 0.3 is 0 Å². The van der Waals surface area contributed by atoms with Gasteiger partial charge in [0, 0.05) is 111 Å². The van der Waals surface area contributed by atoms with E-state index in [0.29, 0.717) is 48.6 Å². The quantitative estimate of drug-likeness (QED) is 0.102. The summed E-state index contributed by atoms with van der Waals surface area (Å²) in [5, 5.41) is 23.1. The number of unbranched alkanes of at least 4 members (excludes halogenated alkanes) is 1. The number of anilines is 1. The first-order valence-electron chi connectivity index (χ1n) is 24.4. The number of amides is 2. The summed E-state index contributed by atoms with van der Waals surface area (Å²) in [6.07, 6.45) is 9.37. The number of hydrogen-bond donors (Lipinski definition) is 2. The van der Waals surface area contributed by atoms with Crippen molar-refractivity contribution in [2.24, 2.45) is 0 Å². The number of carboxylic acids is 1. The zero-order chi connectivity index (χ0) is 46.6. The number of methoxy groups -OCH3 is 1. The molecule has 6 aromatic rings. The molecule has 0 saturated heterocycles. The standard InChI is InChI=1S/C56H56ClN5O6/c1-33-43(44-30-39(67-2)18-20-48(44)62(33)32-34-13-16-38(57)17-14-34)31-49(63)58-21-3-4-22-59-55(64)37-15-19-40(56(65)66)45(29-37)50-46-27-35-9-5-23-60-25-7-11-41(51(35)60)53(46)68-54-42-12-8-26-61-24-6-10-36(52(42)61)28-47(50)54/h13-20,27-30H,3-12,21-26,31-32H2,1-2H3,(H2-,58,59,63,64,65,66). The van der Waals surface area contributed by atoms with Crippen molar-refractivity contribution in [3.63, 3.8) is 0 Å². The van der Waals surface area contributed by atoms with Crippen LogP contribution >= 0.6 is 11.6 Å². The molecule has 0 fully saturated rings. The Kier molecular flexibility index (Phi) is 11.7. The maximum absolute atomic E-state index is 14.0. The van der Waals surface area contributed by atoms with Crippen LogP contribution < -0.4 is 45.3 Å². The van der Waals surface area contributed by atoms with Crippen LogP contribution in [0.15, 0.2) is 72.8 Å². The molecule has 0 unspecified atom stereocenters. The Labute approximate surface area is 401 Å². The molecule has 0 aliphatic carbocycles. The fourth-order valence-electron chi connectivity index (χ4n) is 11.7. The minimum absolute atomic E-state index is 0.0486. The lowest BCUT2D eigenvalue weighted by Gasteiger charge is -2.39. The molecule has 6 heterocycles. The molecule has 68 heavy (non-hydrogen) atoms. The molecule has 5 aliphatic heterocycles. The second-order valence-electron chi connectivity index (χ2n) is 19.0. The first kappa shape index (κ1) is 43.9. The van der Waals surface area contributed by atoms with Crippen molar-refractivity contribution in [3.05, 3.63) is 150 Å². The van der Waals surface area contributed by atoms with E-state index in [0.717, 1.165) is 139 Å². The van der Waals surface area contributed by atoms with Gasteiger partial charge in [0.25, 0.3) is 5.91 Å². The number of carbonyl (C=O) groups is 3. The minimum Gasteiger partial charge on any atom is -0.545 e. The van der Waals surface area contributed by atoms with Gasteiger partial charge in [0.1, 0.15) is 30.3 Å². The molecule has 5 aliphatic rings. The van der Waals surface area contributed by atoms with Gasteiger partial charge in [-0.1, -0.05) is 29.8 Å². The molecular weight excluding hydrogens is 874 g/mol. The molecule has 0 bridgehead atoms. The summed E-state index contributed by atoms with van der Waals surface area (Å²) in [6.45, 7) is 7.63. The lowest BCUT2D eigenvalue weighted by molar-refractivity contribution is -0.255. The van der Waals surface area contributed by atoms with Crippen molar-refractivity contribution in [1.29, 1.82) is 0 Å². The Bertz CT molecular complexity index is 3200. The molecule has 0 saturated carbocycles. The van der Waals surface area contributed by atoms with E-state index >= 15 is 0 Å². The highest BCUT2D eigenvalue weighted by Gasteiger charge is 2.36. The number of nitrogens with zero attached hydrogens (tertiary/aromatic N) is 3. The third kappa shape index (κ3) is 7.88. The van der Waals surface area contributed by atoms with E-state index in [-0.39, 0.29) is 23.8 Å². The largest absolute Gasteiger partial charge is 0.545 e. The van der Waals surface area contributed by atoms with Gasteiger partial charge in [0.05, 0.1) is 25.1 Å². The highest BCUT2D eigenvalue weighted by atomic mass is 35.5. The first-order chi connectivity index (χ1) is 33.1. The van der Waals surface area contributed by atoms with Crippen LogP contribution in [0.1, 0.15) is 109 Å². The van der Waals surface area contributed by atoms with Crippen LogP contribution in [-0.2, 0) is 43.4 Å². The summed E-state index contributed by atoms with van der Waals surface area (Å²) in [4.78, 5) is 43.0. The Morgan fingerprint density at radius 2 is 1.56 bits per heavy atom. The van der Waals surface area contributed by atoms with Gasteiger partial charge in [-0.05, 0) is 135 Å². The molecule has 2 amide bonds. The van der Waals surface area contributed by atoms with Gasteiger partial charge in [0.15, 0.2) is 0 Å². The molecule has 11 nitrogen and oxygen atoms in total. The molecule has 12 heteroatoms. The molecule has 1 aromatic heterocycles. The lowest BCUT2D eigenvalue weighted by atomic mass is 9.81. The van der Waals surface area contributed by atoms with Crippen LogP contribution in [0.4, 0.5) is 5.69 Å². The number of halogens is 1. The van der Waals surface area contributed by atoms with Gasteiger partial charge in [-0.3, -0.25) is 9.59 Å². The van der Waals surface area contributed by atoms with E-state index in [1.54, 1.807) is 19.2 Å². The summed E-state index contributed by atoms with van der Waals surface area (Å²) >= 11 is 6.16. The number of aryl methyl sites for hydroxylation is 2. The summed E-state index contributed by atoms with van der Waals surface area (Å²) in [7, 11) is 1.64. The molecule has 2 N–H and O–H groups in total. The van der Waals surface area contributed by atoms with Crippen LogP contribution in [0, 0.1) is 6.92 Å². The first-order valence-corrected chi connectivity index (χ1v) is 24.8. The van der Waals surface area contributed by atoms with Crippen LogP contribution in [0.25, 0.3) is 16.5 Å². The Hall–Kier alpha value is -6.59. The second-order valence-corrected chi connectivity index (χ2v) is 19.5. The Morgan fingerprint density at radius 3 is 2.35 bits per heavy atom. The predicted molar refractivity (Wildman–Crippen MR) is 263 cm³/mol. The number of aromatic carboxylic acids is 1. The number of carbonyl (C=O) groups excluding carboxylic acids is 3. The third-order valence-electron chi connectivity index (χ3n) is 14.9. The van der Waals surface area contributed by atoms with Gasteiger partial charge in [-0.25, -0.2) is 4.58 Å². The number of fused-ring (bicyclic) bond motifs is 5. The maximum Gasteiger partial charge on any atom is 0.251 e. The number of rotatable bonds is 13. The van der Waals surface area contributed by atoms with Gasteiger partial charge in [-0.2, -0.15) is 0 Å². The van der Waals surface area contributed by atoms with E-state index in [2.05, 4.69) is 36.8 Å². The smallest absolute Gasteiger partial charge is 0.251 e. The van der Waals surface area contributed by atoms with Crippen molar-refractivity contribution in [2.75, 3.05) is 51.3 Å². The van der Waals surface area contributed by atoms with Crippen molar-refractivity contribution in [1.82, 2.24) is 19.8 Å². The van der Waals surface area contributed by atoms with Crippen LogP contribution in [0.5, 0.6) is 17.2 Å². The number of ether oxygens (including phenoxy) is 2. The zero-order valence-corrected chi connectivity index (χ0v) is 39.6. The topological polar surface area (TPSA) is 128 Å². The van der Waals surface area contributed by atoms with Crippen molar-refractivity contribution < 1.29 is 29.0 Å². The second kappa shape index (κ2) is 18.1. The predicted octanol–water partition coefficient (Wildman–Crippen LogP) is 6.33. The van der Waals surface area contributed by atoms with Crippen molar-refractivity contribution in [2.45, 2.75) is 84.1 Å². The SMILES string of the molecule is COc1ccc2c(c1)c(CC(=O)NCCCCNC(=O)c1ccc(C(=O)[O-])c(C3=c4cc5c6c(c4Oc4c3cc3c7c4CCCN7CCC3)CCC[N+]=6CCC5)c1)c(C)n2Cc1ccc(Cl)cc1. The number of benzene rings is 5. The molecule has 0 atom stereocenters. The molecule has 0 spiro atoms. The fourth-order valence-corrected chi connectivity index (χ4v) is 11.9. The molecule has 5 aromatic carbocycles. The number of hydrogen-bond acceptors (Lipinski definition) is 7. The lowest BCUT2D eigenvalue weighted by Crippen LogP contribution is -2.45. The van der Waals surface area contributed by atoms with E-state index in [1.807, 2.05) is 49.4 Å². The fraction of sp³-hybridized carbons (Fsp3) is 0.357. The highest BCUT2D eigenvalue weighted by Crippen LogP contribution is 2.49. The van der Waals surface area contributed by atoms with Crippen molar-refractivity contribution in [3.8, 4) is 17.2 Å². The molecule has 0 radical (unpaired) electrons. The van der Waals surface area contributed by atoms with Gasteiger partial charge in [0.2, 0.25) is 11.3 Å². The summed E-state index contributed by atoms with van der Waals surface area (Å²) in [5.41, 5.74) is 12.9. The minimum atomic E-state index is -1.29. The van der Waals surface area contributed by atoms with Crippen molar-refractivity contribution >= 4 is 51.5 Å². The third-order valence-corrected chi connectivity index (χ3v) is 15.2. The average molecular weight is 931 g/mol. The number of aromatic nitrogens is 1. The molecular formula is C56H56ClN5O6. The van der Waals surface area contributed by atoms with E-state index in [1.165, 1.54) is 39.4 Å². The molecule has 11 rings (SSSR count). The Balaban J connectivity index is 0.830.